The van der Waals surface area contributed by atoms with Crippen molar-refractivity contribution in [3.63, 3.8) is 0 Å². The summed E-state index contributed by atoms with van der Waals surface area (Å²) in [4.78, 5) is 7.03. The molecule has 2 atom stereocenters. The molecule has 2 unspecified atom stereocenters. The predicted molar refractivity (Wildman–Crippen MR) is 77.9 cm³/mol. The quantitative estimate of drug-likeness (QED) is 0.919. The highest BCUT2D eigenvalue weighted by Gasteiger charge is 2.40. The van der Waals surface area contributed by atoms with Crippen molar-refractivity contribution < 1.29 is 9.63 Å². The van der Waals surface area contributed by atoms with Crippen LogP contribution in [-0.4, -0.2) is 39.3 Å². The van der Waals surface area contributed by atoms with Crippen LogP contribution in [0.4, 0.5) is 0 Å². The van der Waals surface area contributed by atoms with Crippen molar-refractivity contribution in [3.05, 3.63) is 30.1 Å². The molecule has 21 heavy (non-hydrogen) atoms. The van der Waals surface area contributed by atoms with Crippen LogP contribution in [0.15, 0.2) is 28.8 Å². The number of aromatic hydroxyl groups is 1. The molecule has 4 rings (SSSR count). The number of phenols is 1. The lowest BCUT2D eigenvalue weighted by atomic mass is 9.90. The van der Waals surface area contributed by atoms with Gasteiger partial charge in [-0.15, -0.1) is 0 Å². The molecule has 0 saturated carbocycles. The molecule has 0 amide bonds. The van der Waals surface area contributed by atoms with E-state index in [0.29, 0.717) is 29.5 Å². The predicted octanol–water partition coefficient (Wildman–Crippen LogP) is 2.78. The van der Waals surface area contributed by atoms with Gasteiger partial charge in [0, 0.05) is 18.0 Å². The van der Waals surface area contributed by atoms with Gasteiger partial charge in [-0.3, -0.25) is 0 Å². The minimum Gasteiger partial charge on any atom is -0.507 e. The zero-order chi connectivity index (χ0) is 14.4. The Morgan fingerprint density at radius 2 is 1.90 bits per heavy atom. The van der Waals surface area contributed by atoms with E-state index in [0.717, 1.165) is 18.7 Å². The highest BCUT2D eigenvalue weighted by Crippen LogP contribution is 2.41. The van der Waals surface area contributed by atoms with Gasteiger partial charge in [0.15, 0.2) is 5.82 Å². The first kappa shape index (κ1) is 12.8. The summed E-state index contributed by atoms with van der Waals surface area (Å²) in [6.07, 6.45) is 4.77. The molecule has 2 saturated heterocycles. The number of benzene rings is 1. The number of para-hydroxylation sites is 1. The van der Waals surface area contributed by atoms with Crippen LogP contribution < -0.4 is 0 Å². The van der Waals surface area contributed by atoms with Crippen molar-refractivity contribution in [2.75, 3.05) is 7.05 Å². The number of piperidine rings is 1. The van der Waals surface area contributed by atoms with Crippen molar-refractivity contribution in [1.29, 1.82) is 0 Å². The summed E-state index contributed by atoms with van der Waals surface area (Å²) in [5, 5.41) is 14.0. The van der Waals surface area contributed by atoms with Gasteiger partial charge in [-0.25, -0.2) is 0 Å². The van der Waals surface area contributed by atoms with Crippen LogP contribution in [0.1, 0.15) is 37.4 Å². The Labute approximate surface area is 123 Å². The first-order chi connectivity index (χ1) is 10.2. The van der Waals surface area contributed by atoms with E-state index in [-0.39, 0.29) is 5.75 Å². The van der Waals surface area contributed by atoms with Gasteiger partial charge in [-0.1, -0.05) is 17.3 Å². The Balaban J connectivity index is 1.60. The van der Waals surface area contributed by atoms with Crippen LogP contribution in [0, 0.1) is 0 Å². The molecule has 2 fully saturated rings. The van der Waals surface area contributed by atoms with Crippen LogP contribution in [0.5, 0.6) is 5.75 Å². The van der Waals surface area contributed by atoms with Crippen molar-refractivity contribution in [2.24, 2.45) is 0 Å². The van der Waals surface area contributed by atoms with Crippen molar-refractivity contribution in [2.45, 2.75) is 43.7 Å². The minimum absolute atomic E-state index is 0.177. The van der Waals surface area contributed by atoms with Gasteiger partial charge in [0.25, 0.3) is 5.89 Å². The maximum Gasteiger partial charge on any atom is 0.261 e. The van der Waals surface area contributed by atoms with E-state index in [1.165, 1.54) is 12.8 Å². The number of rotatable bonds is 2. The Kier molecular flexibility index (Phi) is 2.96. The fourth-order valence-electron chi connectivity index (χ4n) is 3.79. The molecule has 110 valence electrons. The summed E-state index contributed by atoms with van der Waals surface area (Å²) >= 11 is 0. The third-order valence-corrected chi connectivity index (χ3v) is 5.04. The molecule has 2 aliphatic rings. The average Bonchev–Trinajstić information content (AvgIpc) is 3.02. The van der Waals surface area contributed by atoms with Gasteiger partial charge in [0.1, 0.15) is 5.75 Å². The maximum absolute atomic E-state index is 9.88. The molecular weight excluding hydrogens is 266 g/mol. The molecule has 1 N–H and O–H groups in total. The smallest absolute Gasteiger partial charge is 0.261 e. The Morgan fingerprint density at radius 3 is 2.62 bits per heavy atom. The van der Waals surface area contributed by atoms with Gasteiger partial charge in [-0.05, 0) is 44.9 Å². The largest absolute Gasteiger partial charge is 0.507 e. The second-order valence-electron chi connectivity index (χ2n) is 6.19. The number of aromatic nitrogens is 2. The fraction of sp³-hybridized carbons (Fsp3) is 0.500. The molecule has 2 bridgehead atoms. The SMILES string of the molecule is CN1C2CCC1CC(c1noc(-c3ccccc3O)n1)C2. The van der Waals surface area contributed by atoms with Crippen LogP contribution in [0.3, 0.4) is 0 Å². The zero-order valence-corrected chi connectivity index (χ0v) is 12.1. The normalized spacial score (nSPS) is 28.9. The van der Waals surface area contributed by atoms with E-state index in [1.54, 1.807) is 18.2 Å². The molecule has 2 aliphatic heterocycles. The van der Waals surface area contributed by atoms with Gasteiger partial charge >= 0.3 is 0 Å². The Morgan fingerprint density at radius 1 is 1.19 bits per heavy atom. The minimum atomic E-state index is 0.177. The molecule has 5 heteroatoms. The summed E-state index contributed by atoms with van der Waals surface area (Å²) in [6, 6.07) is 8.38. The Bertz CT molecular complexity index is 640. The summed E-state index contributed by atoms with van der Waals surface area (Å²) < 4.78 is 5.37. The lowest BCUT2D eigenvalue weighted by molar-refractivity contribution is 0.157. The Hall–Kier alpha value is -1.88. The molecule has 2 aromatic rings. The van der Waals surface area contributed by atoms with Crippen LogP contribution in [0.25, 0.3) is 11.5 Å². The first-order valence-corrected chi connectivity index (χ1v) is 7.56. The number of hydrogen-bond acceptors (Lipinski definition) is 5. The molecule has 0 aliphatic carbocycles. The van der Waals surface area contributed by atoms with Crippen molar-refractivity contribution >= 4 is 0 Å². The molecule has 3 heterocycles. The number of hydrogen-bond donors (Lipinski definition) is 1. The molecule has 1 aromatic heterocycles. The van der Waals surface area contributed by atoms with E-state index >= 15 is 0 Å². The number of phenolic OH excluding ortho intramolecular Hbond substituents is 1. The van der Waals surface area contributed by atoms with Crippen molar-refractivity contribution in [3.8, 4) is 17.2 Å². The lowest BCUT2D eigenvalue weighted by Crippen LogP contribution is -2.39. The van der Waals surface area contributed by atoms with Crippen LogP contribution >= 0.6 is 0 Å². The van der Waals surface area contributed by atoms with Gasteiger partial charge in [-0.2, -0.15) is 4.98 Å². The maximum atomic E-state index is 9.88. The molecule has 0 radical (unpaired) electrons. The monoisotopic (exact) mass is 285 g/mol. The van der Waals surface area contributed by atoms with E-state index in [9.17, 15) is 5.11 Å². The first-order valence-electron chi connectivity index (χ1n) is 7.56. The fourth-order valence-corrected chi connectivity index (χ4v) is 3.79. The van der Waals surface area contributed by atoms with E-state index in [1.807, 2.05) is 6.07 Å². The third-order valence-electron chi connectivity index (χ3n) is 5.04. The summed E-state index contributed by atoms with van der Waals surface area (Å²) in [5.41, 5.74) is 0.604. The van der Waals surface area contributed by atoms with Crippen LogP contribution in [-0.2, 0) is 0 Å². The second-order valence-corrected chi connectivity index (χ2v) is 6.19. The zero-order valence-electron chi connectivity index (χ0n) is 12.1. The van der Waals surface area contributed by atoms with Gasteiger partial charge < -0.3 is 14.5 Å². The van der Waals surface area contributed by atoms with E-state index in [4.69, 9.17) is 4.52 Å². The summed E-state index contributed by atoms with van der Waals surface area (Å²) in [5.74, 6) is 1.76. The standard InChI is InChI=1S/C16H19N3O2/c1-19-11-6-7-12(19)9-10(8-11)15-17-16(21-18-15)13-4-2-3-5-14(13)20/h2-5,10-12,20H,6-9H2,1H3. The van der Waals surface area contributed by atoms with E-state index in [2.05, 4.69) is 22.1 Å². The van der Waals surface area contributed by atoms with Gasteiger partial charge in [0.2, 0.25) is 0 Å². The molecular formula is C16H19N3O2. The van der Waals surface area contributed by atoms with Gasteiger partial charge in [0.05, 0.1) is 5.56 Å². The highest BCUT2D eigenvalue weighted by molar-refractivity contribution is 5.61. The van der Waals surface area contributed by atoms with Crippen molar-refractivity contribution in [1.82, 2.24) is 15.0 Å². The molecule has 5 nitrogen and oxygen atoms in total. The third kappa shape index (κ3) is 2.12. The highest BCUT2D eigenvalue weighted by atomic mass is 16.5. The number of fused-ring (bicyclic) bond motifs is 2. The van der Waals surface area contributed by atoms with E-state index < -0.39 is 0 Å². The summed E-state index contributed by atoms with van der Waals surface area (Å²) in [7, 11) is 2.22. The topological polar surface area (TPSA) is 62.4 Å². The summed E-state index contributed by atoms with van der Waals surface area (Å²) in [6.45, 7) is 0. The number of nitrogens with zero attached hydrogens (tertiary/aromatic N) is 3. The second kappa shape index (κ2) is 4.84. The molecule has 0 spiro atoms. The molecule has 1 aromatic carbocycles. The average molecular weight is 285 g/mol. The lowest BCUT2D eigenvalue weighted by Gasteiger charge is -2.34. The van der Waals surface area contributed by atoms with Crippen LogP contribution in [0.2, 0.25) is 0 Å².